The Balaban J connectivity index is 1.31. The van der Waals surface area contributed by atoms with Crippen LogP contribution in [0.1, 0.15) is 43.1 Å². The van der Waals surface area contributed by atoms with Gasteiger partial charge < -0.3 is 30.5 Å². The van der Waals surface area contributed by atoms with E-state index in [1.807, 2.05) is 62.4 Å². The van der Waals surface area contributed by atoms with Crippen LogP contribution in [0.2, 0.25) is 0 Å². The molecule has 2 aromatic carbocycles. The average molecular weight is 619 g/mol. The quantitative estimate of drug-likeness (QED) is 0.272. The van der Waals surface area contributed by atoms with E-state index in [9.17, 15) is 24.6 Å². The Hall–Kier alpha value is -3.93. The summed E-state index contributed by atoms with van der Waals surface area (Å²) < 4.78 is 5.02. The van der Waals surface area contributed by atoms with Crippen molar-refractivity contribution in [3.05, 3.63) is 95.8 Å². The van der Waals surface area contributed by atoms with Crippen molar-refractivity contribution in [3.8, 4) is 5.75 Å². The Morgan fingerprint density at radius 3 is 2.55 bits per heavy atom. The fourth-order valence-electron chi connectivity index (χ4n) is 5.73. The molecule has 2 aliphatic heterocycles. The highest BCUT2D eigenvalue weighted by atomic mass is 32.2. The van der Waals surface area contributed by atoms with Gasteiger partial charge in [0.1, 0.15) is 30.6 Å². The number of benzene rings is 2. The van der Waals surface area contributed by atoms with Crippen LogP contribution in [0.25, 0.3) is 0 Å². The van der Waals surface area contributed by atoms with Crippen molar-refractivity contribution in [1.82, 2.24) is 20.5 Å². The second kappa shape index (κ2) is 13.8. The zero-order valence-electron chi connectivity index (χ0n) is 24.8. The van der Waals surface area contributed by atoms with E-state index in [-0.39, 0.29) is 37.8 Å². The highest BCUT2D eigenvalue weighted by Gasteiger charge is 2.49. The van der Waals surface area contributed by atoms with Crippen LogP contribution in [0.15, 0.2) is 79.0 Å². The van der Waals surface area contributed by atoms with Gasteiger partial charge >= 0.3 is 0 Å². The van der Waals surface area contributed by atoms with E-state index in [4.69, 9.17) is 4.74 Å². The minimum atomic E-state index is -1.53. The van der Waals surface area contributed by atoms with Crippen LogP contribution in [0.3, 0.4) is 0 Å². The SMILES string of the molecule is CC1(C)SCN(C(=O)[C@@H](O)C[C@@H](Cc2ccccc2)C(=O)N[C@H]2c3ccccc3OC[C@H]2O)[C@@H]1C(=O)NCc1ccccn1. The summed E-state index contributed by atoms with van der Waals surface area (Å²) in [5, 5.41) is 27.8. The smallest absolute Gasteiger partial charge is 0.252 e. The number of hydrogen-bond donors (Lipinski definition) is 4. The van der Waals surface area contributed by atoms with Crippen molar-refractivity contribution in [3.63, 3.8) is 0 Å². The number of ether oxygens (including phenoxy) is 1. The van der Waals surface area contributed by atoms with Crippen molar-refractivity contribution < 1.29 is 29.3 Å². The van der Waals surface area contributed by atoms with Crippen LogP contribution in [0.5, 0.6) is 5.75 Å². The van der Waals surface area contributed by atoms with Gasteiger partial charge in [-0.25, -0.2) is 0 Å². The van der Waals surface area contributed by atoms with Gasteiger partial charge in [-0.05, 0) is 50.5 Å². The van der Waals surface area contributed by atoms with Gasteiger partial charge in [0.05, 0.1) is 24.2 Å². The van der Waals surface area contributed by atoms with Crippen LogP contribution in [-0.2, 0) is 27.3 Å². The Bertz CT molecular complexity index is 1460. The lowest BCUT2D eigenvalue weighted by molar-refractivity contribution is -0.147. The Morgan fingerprint density at radius 2 is 1.80 bits per heavy atom. The summed E-state index contributed by atoms with van der Waals surface area (Å²) in [6.07, 6.45) is -0.739. The topological polar surface area (TPSA) is 141 Å². The standard InChI is InChI=1S/C33H38N4O6S/c1-33(2)29(31(41)35-18-23-12-8-9-15-34-23)37(20-44-33)32(42)25(38)17-22(16-21-10-4-3-5-11-21)30(40)36-28-24-13-6-7-14-27(24)43-19-26(28)39/h3-15,22,25-26,28-29,38-39H,16-20H2,1-2H3,(H,35,41)(H,36,40)/t22-,25+,26-,28+,29-/m1/s1. The maximum absolute atomic E-state index is 13.8. The molecule has 1 aromatic heterocycles. The number of pyridine rings is 1. The number of thioether (sulfide) groups is 1. The Morgan fingerprint density at radius 1 is 1.07 bits per heavy atom. The molecule has 3 heterocycles. The minimum Gasteiger partial charge on any atom is -0.490 e. The monoisotopic (exact) mass is 618 g/mol. The summed E-state index contributed by atoms with van der Waals surface area (Å²) in [5.41, 5.74) is 2.21. The van der Waals surface area contributed by atoms with Crippen LogP contribution in [-0.4, -0.2) is 73.3 Å². The van der Waals surface area contributed by atoms with Crippen LogP contribution in [0, 0.1) is 5.92 Å². The van der Waals surface area contributed by atoms with E-state index in [1.165, 1.54) is 16.7 Å². The molecule has 5 atom stereocenters. The lowest BCUT2D eigenvalue weighted by Crippen LogP contribution is -2.55. The molecule has 0 spiro atoms. The second-order valence-electron chi connectivity index (χ2n) is 11.7. The number of rotatable bonds is 10. The molecule has 11 heteroatoms. The summed E-state index contributed by atoms with van der Waals surface area (Å²) in [6.45, 7) is 4.02. The van der Waals surface area contributed by atoms with Crippen LogP contribution < -0.4 is 15.4 Å². The summed E-state index contributed by atoms with van der Waals surface area (Å²) in [5.74, 6) is -1.33. The molecule has 3 aromatic rings. The molecule has 5 rings (SSSR count). The third kappa shape index (κ3) is 7.23. The molecule has 0 saturated carbocycles. The van der Waals surface area contributed by atoms with Crippen molar-refractivity contribution in [2.75, 3.05) is 12.5 Å². The normalized spacial score (nSPS) is 21.8. The minimum absolute atomic E-state index is 0.0264. The number of carbonyl (C=O) groups excluding carboxylic acids is 3. The molecule has 2 aliphatic rings. The summed E-state index contributed by atoms with van der Waals surface area (Å²) in [6, 6.07) is 20.5. The molecule has 3 amide bonds. The number of fused-ring (bicyclic) bond motifs is 1. The molecule has 10 nitrogen and oxygen atoms in total. The van der Waals surface area contributed by atoms with E-state index in [2.05, 4.69) is 15.6 Å². The van der Waals surface area contributed by atoms with Gasteiger partial charge in [0.25, 0.3) is 5.91 Å². The number of amides is 3. The molecule has 1 fully saturated rings. The van der Waals surface area contributed by atoms with Crippen molar-refractivity contribution in [1.29, 1.82) is 0 Å². The number of nitrogens with one attached hydrogen (secondary N) is 2. The van der Waals surface area contributed by atoms with E-state index in [0.29, 0.717) is 17.0 Å². The number of aliphatic hydroxyl groups is 2. The van der Waals surface area contributed by atoms with Gasteiger partial charge in [0, 0.05) is 22.4 Å². The summed E-state index contributed by atoms with van der Waals surface area (Å²) >= 11 is 1.45. The maximum atomic E-state index is 13.8. The third-order valence-electron chi connectivity index (χ3n) is 8.08. The van der Waals surface area contributed by atoms with Gasteiger partial charge in [0.2, 0.25) is 11.8 Å². The third-order valence-corrected chi connectivity index (χ3v) is 9.46. The molecule has 0 radical (unpaired) electrons. The fraction of sp³-hybridized carbons (Fsp3) is 0.394. The first-order chi connectivity index (χ1) is 21.1. The Labute approximate surface area is 261 Å². The molecular formula is C33H38N4O6S. The number of nitrogens with zero attached hydrogens (tertiary/aromatic N) is 2. The first kappa shape index (κ1) is 31.5. The largest absolute Gasteiger partial charge is 0.490 e. The van der Waals surface area contributed by atoms with Gasteiger partial charge in [-0.2, -0.15) is 0 Å². The summed E-state index contributed by atoms with van der Waals surface area (Å²) in [4.78, 5) is 46.5. The predicted molar refractivity (Wildman–Crippen MR) is 166 cm³/mol. The molecule has 0 unspecified atom stereocenters. The number of hydrogen-bond acceptors (Lipinski definition) is 8. The first-order valence-corrected chi connectivity index (χ1v) is 15.7. The first-order valence-electron chi connectivity index (χ1n) is 14.7. The van der Waals surface area contributed by atoms with Gasteiger partial charge in [-0.3, -0.25) is 19.4 Å². The van der Waals surface area contributed by atoms with Gasteiger partial charge in [-0.1, -0.05) is 54.6 Å². The molecule has 0 bridgehead atoms. The van der Waals surface area contributed by atoms with E-state index >= 15 is 0 Å². The molecule has 232 valence electrons. The van der Waals surface area contributed by atoms with Gasteiger partial charge in [0.15, 0.2) is 0 Å². The Kier molecular flexibility index (Phi) is 9.87. The van der Waals surface area contributed by atoms with Crippen molar-refractivity contribution in [2.45, 2.75) is 62.3 Å². The van der Waals surface area contributed by atoms with E-state index in [0.717, 1.165) is 5.56 Å². The average Bonchev–Trinajstić information content (AvgIpc) is 3.36. The fourth-order valence-corrected chi connectivity index (χ4v) is 6.87. The molecular weight excluding hydrogens is 580 g/mol. The lowest BCUT2D eigenvalue weighted by atomic mass is 9.90. The highest BCUT2D eigenvalue weighted by molar-refractivity contribution is 8.00. The number of aliphatic hydroxyl groups excluding tert-OH is 2. The zero-order chi connectivity index (χ0) is 31.3. The van der Waals surface area contributed by atoms with Crippen LogP contribution in [0.4, 0.5) is 0 Å². The second-order valence-corrected chi connectivity index (χ2v) is 13.3. The zero-order valence-corrected chi connectivity index (χ0v) is 25.6. The predicted octanol–water partition coefficient (Wildman–Crippen LogP) is 2.60. The maximum Gasteiger partial charge on any atom is 0.252 e. The molecule has 44 heavy (non-hydrogen) atoms. The van der Waals surface area contributed by atoms with E-state index < -0.39 is 46.8 Å². The molecule has 4 N–H and O–H groups in total. The highest BCUT2D eigenvalue weighted by Crippen LogP contribution is 2.40. The van der Waals surface area contributed by atoms with Crippen LogP contribution >= 0.6 is 11.8 Å². The number of para-hydroxylation sites is 1. The lowest BCUT2D eigenvalue weighted by Gasteiger charge is -2.33. The molecule has 1 saturated heterocycles. The van der Waals surface area contributed by atoms with Crippen molar-refractivity contribution in [2.24, 2.45) is 5.92 Å². The number of aromatic nitrogens is 1. The number of carbonyl (C=O) groups is 3. The van der Waals surface area contributed by atoms with E-state index in [1.54, 1.807) is 30.5 Å². The van der Waals surface area contributed by atoms with Crippen molar-refractivity contribution >= 4 is 29.5 Å². The van der Waals surface area contributed by atoms with Gasteiger partial charge in [-0.15, -0.1) is 11.8 Å². The molecule has 0 aliphatic carbocycles. The summed E-state index contributed by atoms with van der Waals surface area (Å²) in [7, 11) is 0.